The van der Waals surface area contributed by atoms with Gasteiger partial charge < -0.3 is 9.47 Å². The first-order valence-corrected chi connectivity index (χ1v) is 12.0. The van der Waals surface area contributed by atoms with Crippen molar-refractivity contribution in [3.05, 3.63) is 0 Å². The molecule has 0 aliphatic rings. The van der Waals surface area contributed by atoms with Crippen LogP contribution in [-0.2, 0) is 14.3 Å². The molecule has 0 rings (SSSR count). The first kappa shape index (κ1) is 26.4. The third-order valence-corrected chi connectivity index (χ3v) is 5.12. The van der Waals surface area contributed by atoms with Gasteiger partial charge in [-0.25, -0.2) is 0 Å². The van der Waals surface area contributed by atoms with Gasteiger partial charge in [0.2, 0.25) is 0 Å². The van der Waals surface area contributed by atoms with Gasteiger partial charge in [-0.1, -0.05) is 110 Å². The van der Waals surface area contributed by atoms with E-state index in [1.165, 1.54) is 83.5 Å². The van der Waals surface area contributed by atoms with Crippen molar-refractivity contribution in [2.45, 2.75) is 129 Å². The van der Waals surface area contributed by atoms with E-state index in [2.05, 4.69) is 13.8 Å². The molecule has 3 heteroatoms. The Bertz CT molecular complexity index is 291. The number of rotatable bonds is 22. The lowest BCUT2D eigenvalue weighted by Gasteiger charge is -2.06. The molecule has 0 amide bonds. The van der Waals surface area contributed by atoms with Crippen molar-refractivity contribution in [3.8, 4) is 0 Å². The predicted molar refractivity (Wildman–Crippen MR) is 116 cm³/mol. The Labute approximate surface area is 170 Å². The van der Waals surface area contributed by atoms with Crippen LogP contribution in [0.1, 0.15) is 129 Å². The molecule has 0 aliphatic heterocycles. The maximum absolute atomic E-state index is 11.4. The molecule has 0 unspecified atom stereocenters. The lowest BCUT2D eigenvalue weighted by Crippen LogP contribution is -2.10. The largest absolute Gasteiger partial charge is 0.463 e. The molecule has 3 nitrogen and oxygen atoms in total. The van der Waals surface area contributed by atoms with Gasteiger partial charge >= 0.3 is 5.97 Å². The lowest BCUT2D eigenvalue weighted by molar-refractivity contribution is -0.145. The molecule has 0 aliphatic carbocycles. The highest BCUT2D eigenvalue weighted by atomic mass is 16.6. The highest BCUT2D eigenvalue weighted by molar-refractivity contribution is 5.69. The molecule has 0 aromatic carbocycles. The summed E-state index contributed by atoms with van der Waals surface area (Å²) < 4.78 is 10.7. The zero-order valence-electron chi connectivity index (χ0n) is 18.6. The second-order valence-electron chi connectivity index (χ2n) is 7.89. The minimum Gasteiger partial charge on any atom is -0.463 e. The minimum atomic E-state index is -0.0801. The molecule has 0 saturated heterocycles. The van der Waals surface area contributed by atoms with Gasteiger partial charge in [0.25, 0.3) is 0 Å². The topological polar surface area (TPSA) is 35.5 Å². The van der Waals surface area contributed by atoms with Crippen LogP contribution in [0.15, 0.2) is 0 Å². The van der Waals surface area contributed by atoms with E-state index in [0.717, 1.165) is 32.3 Å². The Morgan fingerprint density at radius 2 is 0.963 bits per heavy atom. The summed E-state index contributed by atoms with van der Waals surface area (Å²) in [4.78, 5) is 11.4. The molecule has 0 heterocycles. The van der Waals surface area contributed by atoms with Crippen LogP contribution in [0.5, 0.6) is 0 Å². The number of carbonyl (C=O) groups is 1. The minimum absolute atomic E-state index is 0.0801. The van der Waals surface area contributed by atoms with E-state index in [1.807, 2.05) is 0 Å². The first-order valence-electron chi connectivity index (χ1n) is 12.0. The third-order valence-electron chi connectivity index (χ3n) is 5.12. The monoisotopic (exact) mass is 384 g/mol. The SMILES string of the molecule is CCCCCCCCCCCCCCCCOCCOC(=O)CCCCC. The standard InChI is InChI=1S/C24H48O3/c1-3-5-7-8-9-10-11-12-13-14-15-16-17-19-21-26-22-23-27-24(25)20-18-6-4-2/h3-23H2,1-2H3. The second kappa shape index (κ2) is 23.5. The van der Waals surface area contributed by atoms with Crippen molar-refractivity contribution in [3.63, 3.8) is 0 Å². The van der Waals surface area contributed by atoms with E-state index in [1.54, 1.807) is 0 Å². The van der Waals surface area contributed by atoms with Gasteiger partial charge in [0.1, 0.15) is 6.61 Å². The van der Waals surface area contributed by atoms with E-state index < -0.39 is 0 Å². The van der Waals surface area contributed by atoms with Crippen LogP contribution >= 0.6 is 0 Å². The summed E-state index contributed by atoms with van der Waals surface area (Å²) in [7, 11) is 0. The van der Waals surface area contributed by atoms with Crippen LogP contribution in [-0.4, -0.2) is 25.8 Å². The Morgan fingerprint density at radius 3 is 1.48 bits per heavy atom. The third kappa shape index (κ3) is 23.4. The van der Waals surface area contributed by atoms with Gasteiger partial charge in [0.15, 0.2) is 0 Å². The van der Waals surface area contributed by atoms with Crippen LogP contribution in [0.3, 0.4) is 0 Å². The average Bonchev–Trinajstić information content (AvgIpc) is 2.67. The molecule has 162 valence electrons. The van der Waals surface area contributed by atoms with Crippen molar-refractivity contribution < 1.29 is 14.3 Å². The second-order valence-corrected chi connectivity index (χ2v) is 7.89. The van der Waals surface area contributed by atoms with Gasteiger partial charge in [0.05, 0.1) is 6.61 Å². The quantitative estimate of drug-likeness (QED) is 0.142. The fourth-order valence-electron chi connectivity index (χ4n) is 3.31. The Kier molecular flexibility index (Phi) is 23.0. The van der Waals surface area contributed by atoms with E-state index in [9.17, 15) is 4.79 Å². The van der Waals surface area contributed by atoms with Crippen LogP contribution in [0.4, 0.5) is 0 Å². The summed E-state index contributed by atoms with van der Waals surface area (Å²) in [6, 6.07) is 0. The fraction of sp³-hybridized carbons (Fsp3) is 0.958. The van der Waals surface area contributed by atoms with Gasteiger partial charge in [0, 0.05) is 13.0 Å². The predicted octanol–water partition coefficient (Wildman–Crippen LogP) is 7.61. The molecule has 0 spiro atoms. The number of ether oxygens (including phenoxy) is 2. The van der Waals surface area contributed by atoms with E-state index in [0.29, 0.717) is 19.6 Å². The van der Waals surface area contributed by atoms with Gasteiger partial charge in [-0.15, -0.1) is 0 Å². The zero-order valence-corrected chi connectivity index (χ0v) is 18.6. The molecule has 27 heavy (non-hydrogen) atoms. The van der Waals surface area contributed by atoms with Crippen LogP contribution in [0.2, 0.25) is 0 Å². The molecule has 0 fully saturated rings. The molecule has 0 N–H and O–H groups in total. The van der Waals surface area contributed by atoms with Crippen molar-refractivity contribution in [1.29, 1.82) is 0 Å². The average molecular weight is 385 g/mol. The number of unbranched alkanes of at least 4 members (excludes halogenated alkanes) is 15. The van der Waals surface area contributed by atoms with Gasteiger partial charge in [-0.2, -0.15) is 0 Å². The Balaban J connectivity index is 3.06. The highest BCUT2D eigenvalue weighted by Crippen LogP contribution is 2.12. The molecule has 0 radical (unpaired) electrons. The zero-order chi connectivity index (χ0) is 19.8. The molecule has 0 saturated carbocycles. The van der Waals surface area contributed by atoms with Crippen LogP contribution in [0.25, 0.3) is 0 Å². The van der Waals surface area contributed by atoms with E-state index in [-0.39, 0.29) is 5.97 Å². The Hall–Kier alpha value is -0.570. The van der Waals surface area contributed by atoms with E-state index in [4.69, 9.17) is 9.47 Å². The van der Waals surface area contributed by atoms with Crippen molar-refractivity contribution in [2.75, 3.05) is 19.8 Å². The van der Waals surface area contributed by atoms with Crippen molar-refractivity contribution >= 4 is 5.97 Å². The molecule has 0 atom stereocenters. The van der Waals surface area contributed by atoms with Crippen molar-refractivity contribution in [2.24, 2.45) is 0 Å². The van der Waals surface area contributed by atoms with Gasteiger partial charge in [-0.3, -0.25) is 4.79 Å². The van der Waals surface area contributed by atoms with E-state index >= 15 is 0 Å². The molecular weight excluding hydrogens is 336 g/mol. The summed E-state index contributed by atoms with van der Waals surface area (Å²) in [5.41, 5.74) is 0. The molecule has 0 aromatic rings. The fourth-order valence-corrected chi connectivity index (χ4v) is 3.31. The normalized spacial score (nSPS) is 11.0. The van der Waals surface area contributed by atoms with Crippen molar-refractivity contribution in [1.82, 2.24) is 0 Å². The van der Waals surface area contributed by atoms with Crippen LogP contribution in [0, 0.1) is 0 Å². The summed E-state index contributed by atoms with van der Waals surface area (Å²) in [6.07, 6.45) is 23.0. The number of hydrogen-bond acceptors (Lipinski definition) is 3. The smallest absolute Gasteiger partial charge is 0.305 e. The Morgan fingerprint density at radius 1 is 0.519 bits per heavy atom. The maximum atomic E-state index is 11.4. The number of esters is 1. The van der Waals surface area contributed by atoms with Gasteiger partial charge in [-0.05, 0) is 12.8 Å². The summed E-state index contributed by atoms with van der Waals surface area (Å²) in [5, 5.41) is 0. The van der Waals surface area contributed by atoms with Crippen LogP contribution < -0.4 is 0 Å². The molecular formula is C24H48O3. The molecule has 0 bridgehead atoms. The summed E-state index contributed by atoms with van der Waals surface area (Å²) >= 11 is 0. The highest BCUT2D eigenvalue weighted by Gasteiger charge is 2.01. The molecule has 0 aromatic heterocycles. The first-order chi connectivity index (χ1) is 13.3. The number of carbonyl (C=O) groups excluding carboxylic acids is 1. The maximum Gasteiger partial charge on any atom is 0.305 e. The summed E-state index contributed by atoms with van der Waals surface area (Å²) in [5.74, 6) is -0.0801. The lowest BCUT2D eigenvalue weighted by atomic mass is 10.0. The number of hydrogen-bond donors (Lipinski definition) is 0. The summed E-state index contributed by atoms with van der Waals surface area (Å²) in [6.45, 7) is 6.16.